The van der Waals surface area contributed by atoms with E-state index in [-0.39, 0.29) is 0 Å². The Morgan fingerprint density at radius 3 is 1.63 bits per heavy atom. The van der Waals surface area contributed by atoms with Crippen LogP contribution in [0.5, 0.6) is 0 Å². The highest BCUT2D eigenvalue weighted by Gasteiger charge is 2.22. The van der Waals surface area contributed by atoms with Crippen molar-refractivity contribution in [3.8, 4) is 73.4 Å². The lowest BCUT2D eigenvalue weighted by Gasteiger charge is -2.15. The van der Waals surface area contributed by atoms with Crippen molar-refractivity contribution >= 4 is 43.7 Å². The van der Waals surface area contributed by atoms with E-state index in [2.05, 4.69) is 144 Å². The number of nitrogens with zero attached hydrogens (tertiary/aromatic N) is 5. The summed E-state index contributed by atoms with van der Waals surface area (Å²) in [6.07, 6.45) is 1.97. The van der Waals surface area contributed by atoms with Crippen LogP contribution in [0.1, 0.15) is 0 Å². The minimum Gasteiger partial charge on any atom is -0.454 e. The van der Waals surface area contributed by atoms with Gasteiger partial charge in [-0.1, -0.05) is 158 Å². The molecular weight excluding hydrogens is 759 g/mol. The molecule has 4 aromatic heterocycles. The summed E-state index contributed by atoms with van der Waals surface area (Å²) in [4.78, 5) is 20.8. The van der Waals surface area contributed by atoms with Gasteiger partial charge in [-0.3, -0.25) is 4.98 Å². The summed E-state index contributed by atoms with van der Waals surface area (Å²) in [5, 5.41) is 4.35. The Balaban J connectivity index is 1.10. The van der Waals surface area contributed by atoms with Crippen molar-refractivity contribution in [2.75, 3.05) is 0 Å². The SMILES string of the molecule is c1ccc(-c2nc(-c3ccccc3)nc(-c3cc(-c4ccccc4-c4ccccc4)cnc3-c3ccc4oc5c(ccc6c7ccccc7n(-c7ccccc7)c65)c4c3)n2)cc1. The smallest absolute Gasteiger partial charge is 0.166 e. The van der Waals surface area contributed by atoms with Crippen molar-refractivity contribution < 1.29 is 4.42 Å². The maximum atomic E-state index is 6.85. The van der Waals surface area contributed by atoms with Crippen LogP contribution in [0.3, 0.4) is 0 Å². The van der Waals surface area contributed by atoms with E-state index in [1.807, 2.05) is 72.9 Å². The number of aromatic nitrogens is 5. The molecule has 6 nitrogen and oxygen atoms in total. The number of para-hydroxylation sites is 2. The van der Waals surface area contributed by atoms with Crippen molar-refractivity contribution in [1.82, 2.24) is 24.5 Å². The average molecular weight is 794 g/mol. The predicted molar refractivity (Wildman–Crippen MR) is 252 cm³/mol. The highest BCUT2D eigenvalue weighted by Crippen LogP contribution is 2.43. The molecule has 4 heterocycles. The number of rotatable bonds is 7. The van der Waals surface area contributed by atoms with Crippen LogP contribution in [0, 0.1) is 0 Å². The molecule has 0 aliphatic carbocycles. The molecule has 0 saturated heterocycles. The Hall–Kier alpha value is -8.48. The molecule has 8 aromatic carbocycles. The Morgan fingerprint density at radius 1 is 0.371 bits per heavy atom. The second-order valence-electron chi connectivity index (χ2n) is 15.4. The molecule has 6 heteroatoms. The molecule has 0 spiro atoms. The van der Waals surface area contributed by atoms with Crippen molar-refractivity contribution in [1.29, 1.82) is 0 Å². The van der Waals surface area contributed by atoms with E-state index in [1.165, 1.54) is 5.39 Å². The normalized spacial score (nSPS) is 11.5. The number of benzene rings is 8. The molecule has 0 saturated carbocycles. The van der Waals surface area contributed by atoms with Gasteiger partial charge in [0.25, 0.3) is 0 Å². The summed E-state index contributed by atoms with van der Waals surface area (Å²) in [7, 11) is 0. The molecule has 0 bridgehead atoms. The van der Waals surface area contributed by atoms with Crippen LogP contribution in [-0.4, -0.2) is 24.5 Å². The zero-order valence-electron chi connectivity index (χ0n) is 33.4. The number of furan rings is 1. The van der Waals surface area contributed by atoms with Gasteiger partial charge in [0.05, 0.1) is 16.7 Å². The minimum atomic E-state index is 0.533. The average Bonchev–Trinajstić information content (AvgIpc) is 3.90. The van der Waals surface area contributed by atoms with E-state index < -0.39 is 0 Å². The van der Waals surface area contributed by atoms with Crippen LogP contribution in [-0.2, 0) is 0 Å². The molecule has 0 atom stereocenters. The zero-order chi connectivity index (χ0) is 41.0. The molecule has 0 fully saturated rings. The van der Waals surface area contributed by atoms with E-state index in [1.54, 1.807) is 0 Å². The second kappa shape index (κ2) is 14.7. The summed E-state index contributed by atoms with van der Waals surface area (Å²) in [6, 6.07) is 71.1. The van der Waals surface area contributed by atoms with Crippen LogP contribution in [0.2, 0.25) is 0 Å². The zero-order valence-corrected chi connectivity index (χ0v) is 33.4. The van der Waals surface area contributed by atoms with Crippen LogP contribution < -0.4 is 0 Å². The van der Waals surface area contributed by atoms with Crippen LogP contribution >= 0.6 is 0 Å². The highest BCUT2D eigenvalue weighted by molar-refractivity contribution is 6.21. The summed E-state index contributed by atoms with van der Waals surface area (Å²) >= 11 is 0. The fourth-order valence-corrected chi connectivity index (χ4v) is 8.82. The van der Waals surface area contributed by atoms with Gasteiger partial charge in [0.2, 0.25) is 0 Å². The largest absolute Gasteiger partial charge is 0.454 e. The van der Waals surface area contributed by atoms with Crippen molar-refractivity contribution in [3.63, 3.8) is 0 Å². The first-order chi connectivity index (χ1) is 30.7. The molecule has 0 aliphatic rings. The van der Waals surface area contributed by atoms with Crippen LogP contribution in [0.25, 0.3) is 117 Å². The van der Waals surface area contributed by atoms with Gasteiger partial charge in [0.15, 0.2) is 23.1 Å². The standard InChI is InChI=1S/C56H35N5O/c1-5-17-36(18-6-1)42-25-13-14-26-43(42)40-34-48(56-59-54(37-19-7-2-8-20-37)58-55(60-56)38-21-9-3-10-22-38)51(57-35-40)39-29-32-50-47(33-39)46-31-30-45-44-27-15-16-28-49(44)61(52(45)53(46)62-50)41-23-11-4-12-24-41/h1-35H. The van der Waals surface area contributed by atoms with Gasteiger partial charge >= 0.3 is 0 Å². The van der Waals surface area contributed by atoms with E-state index in [0.29, 0.717) is 17.5 Å². The van der Waals surface area contributed by atoms with E-state index in [4.69, 9.17) is 24.4 Å². The molecule has 0 N–H and O–H groups in total. The lowest BCUT2D eigenvalue weighted by atomic mass is 9.93. The summed E-state index contributed by atoms with van der Waals surface area (Å²) in [5.74, 6) is 1.71. The first kappa shape index (κ1) is 35.5. The molecule has 0 aliphatic heterocycles. The van der Waals surface area contributed by atoms with Gasteiger partial charge in [-0.15, -0.1) is 0 Å². The van der Waals surface area contributed by atoms with Crippen molar-refractivity contribution in [2.45, 2.75) is 0 Å². The third-order valence-corrected chi connectivity index (χ3v) is 11.7. The number of hydrogen-bond acceptors (Lipinski definition) is 5. The van der Waals surface area contributed by atoms with Gasteiger partial charge in [0.1, 0.15) is 5.58 Å². The summed E-state index contributed by atoms with van der Waals surface area (Å²) in [6.45, 7) is 0. The van der Waals surface area contributed by atoms with Gasteiger partial charge in [-0.2, -0.15) is 0 Å². The molecule has 290 valence electrons. The molecule has 12 aromatic rings. The molecule has 0 radical (unpaired) electrons. The van der Waals surface area contributed by atoms with E-state index in [9.17, 15) is 0 Å². The van der Waals surface area contributed by atoms with Crippen LogP contribution in [0.15, 0.2) is 217 Å². The topological polar surface area (TPSA) is 69.6 Å². The van der Waals surface area contributed by atoms with E-state index >= 15 is 0 Å². The first-order valence-corrected chi connectivity index (χ1v) is 20.7. The highest BCUT2D eigenvalue weighted by atomic mass is 16.3. The lowest BCUT2D eigenvalue weighted by molar-refractivity contribution is 0.671. The van der Waals surface area contributed by atoms with Gasteiger partial charge < -0.3 is 8.98 Å². The van der Waals surface area contributed by atoms with Gasteiger partial charge in [-0.25, -0.2) is 15.0 Å². The Kier molecular flexibility index (Phi) is 8.38. The third-order valence-electron chi connectivity index (χ3n) is 11.7. The molecule has 0 unspecified atom stereocenters. The summed E-state index contributed by atoms with van der Waals surface area (Å²) in [5.41, 5.74) is 13.4. The fourth-order valence-electron chi connectivity index (χ4n) is 8.82. The molecular formula is C56H35N5O. The number of hydrogen-bond donors (Lipinski definition) is 0. The van der Waals surface area contributed by atoms with E-state index in [0.717, 1.165) is 94.2 Å². The lowest BCUT2D eigenvalue weighted by Crippen LogP contribution is -2.02. The quantitative estimate of drug-likeness (QED) is 0.161. The Morgan fingerprint density at radius 2 is 0.935 bits per heavy atom. The number of pyridine rings is 1. The van der Waals surface area contributed by atoms with Crippen molar-refractivity contribution in [2.24, 2.45) is 0 Å². The van der Waals surface area contributed by atoms with Gasteiger partial charge in [-0.05, 0) is 65.2 Å². The molecule has 12 rings (SSSR count). The monoisotopic (exact) mass is 793 g/mol. The Bertz CT molecular complexity index is 3560. The van der Waals surface area contributed by atoms with Crippen molar-refractivity contribution in [3.05, 3.63) is 212 Å². The van der Waals surface area contributed by atoms with Gasteiger partial charge in [0, 0.05) is 61.2 Å². The first-order valence-electron chi connectivity index (χ1n) is 20.7. The Labute approximate surface area is 357 Å². The predicted octanol–water partition coefficient (Wildman–Crippen LogP) is 14.3. The fraction of sp³-hybridized carbons (Fsp3) is 0. The maximum absolute atomic E-state index is 6.85. The number of fused-ring (bicyclic) bond motifs is 7. The molecule has 0 amide bonds. The molecule has 62 heavy (non-hydrogen) atoms. The van der Waals surface area contributed by atoms with Crippen LogP contribution in [0.4, 0.5) is 0 Å². The second-order valence-corrected chi connectivity index (χ2v) is 15.4. The third kappa shape index (κ3) is 5.96. The maximum Gasteiger partial charge on any atom is 0.166 e. The minimum absolute atomic E-state index is 0.533. The summed E-state index contributed by atoms with van der Waals surface area (Å²) < 4.78 is 9.17.